The third-order valence-electron chi connectivity index (χ3n) is 2.20. The van der Waals surface area contributed by atoms with Crippen molar-refractivity contribution in [3.8, 4) is 0 Å². The van der Waals surface area contributed by atoms with Crippen LogP contribution in [-0.4, -0.2) is 31.9 Å². The first-order valence-electron chi connectivity index (χ1n) is 5.19. The summed E-state index contributed by atoms with van der Waals surface area (Å²) in [5.74, 6) is -2.06. The van der Waals surface area contributed by atoms with Crippen LogP contribution in [0.2, 0.25) is 0 Å². The van der Waals surface area contributed by atoms with Gasteiger partial charge in [-0.1, -0.05) is 30.3 Å². The van der Waals surface area contributed by atoms with E-state index >= 15 is 0 Å². The minimum Gasteiger partial charge on any atom is -0.368 e. The largest absolute Gasteiger partial charge is 0.368 e. The van der Waals surface area contributed by atoms with Gasteiger partial charge in [0, 0.05) is 5.56 Å². The second-order valence-corrected chi connectivity index (χ2v) is 5.54. The summed E-state index contributed by atoms with van der Waals surface area (Å²) in [6, 6.07) is 7.00. The Labute approximate surface area is 105 Å². The van der Waals surface area contributed by atoms with Gasteiger partial charge in [0.1, 0.15) is 5.75 Å². The Hall–Kier alpha value is -1.73. The first kappa shape index (κ1) is 14.3. The summed E-state index contributed by atoms with van der Waals surface area (Å²) in [7, 11) is -3.87. The molecule has 1 aromatic rings. The van der Waals surface area contributed by atoms with Gasteiger partial charge in [-0.2, -0.15) is 0 Å². The summed E-state index contributed by atoms with van der Waals surface area (Å²) >= 11 is 0. The Morgan fingerprint density at radius 2 is 1.83 bits per heavy atom. The van der Waals surface area contributed by atoms with Gasteiger partial charge in [0.2, 0.25) is 15.9 Å². The lowest BCUT2D eigenvalue weighted by atomic mass is 10.2. The molecular weight excluding hydrogens is 256 g/mol. The SMILES string of the molecule is C[C@H](NS(=O)(=O)CC(=O)c1ccccc1)C(N)=O. The molecule has 0 bridgehead atoms. The number of ketones is 1. The van der Waals surface area contributed by atoms with Gasteiger partial charge in [-0.15, -0.1) is 0 Å². The molecule has 1 atom stereocenters. The van der Waals surface area contributed by atoms with Crippen molar-refractivity contribution in [3.63, 3.8) is 0 Å². The van der Waals surface area contributed by atoms with E-state index in [9.17, 15) is 18.0 Å². The molecule has 0 aliphatic rings. The fourth-order valence-corrected chi connectivity index (χ4v) is 2.50. The van der Waals surface area contributed by atoms with Gasteiger partial charge in [0.25, 0.3) is 0 Å². The number of carbonyl (C=O) groups excluding carboxylic acids is 2. The van der Waals surface area contributed by atoms with Crippen molar-refractivity contribution < 1.29 is 18.0 Å². The van der Waals surface area contributed by atoms with Crippen LogP contribution < -0.4 is 10.5 Å². The van der Waals surface area contributed by atoms with Crippen molar-refractivity contribution in [2.24, 2.45) is 5.73 Å². The minimum atomic E-state index is -3.87. The Morgan fingerprint density at radius 3 is 2.33 bits per heavy atom. The van der Waals surface area contributed by atoms with E-state index in [0.717, 1.165) is 0 Å². The second kappa shape index (κ2) is 5.74. The van der Waals surface area contributed by atoms with Crippen LogP contribution in [0.5, 0.6) is 0 Å². The van der Waals surface area contributed by atoms with Crippen LogP contribution in [-0.2, 0) is 14.8 Å². The molecule has 6 nitrogen and oxygen atoms in total. The Kier molecular flexibility index (Phi) is 4.57. The number of nitrogens with two attached hydrogens (primary N) is 1. The van der Waals surface area contributed by atoms with E-state index in [1.54, 1.807) is 18.2 Å². The summed E-state index contributed by atoms with van der Waals surface area (Å²) < 4.78 is 25.2. The lowest BCUT2D eigenvalue weighted by Gasteiger charge is -2.10. The Balaban J connectivity index is 2.73. The highest BCUT2D eigenvalue weighted by molar-refractivity contribution is 7.90. The smallest absolute Gasteiger partial charge is 0.235 e. The molecule has 1 amide bonds. The third-order valence-corrected chi connectivity index (χ3v) is 3.55. The molecule has 0 aromatic heterocycles. The zero-order valence-corrected chi connectivity index (χ0v) is 10.6. The van der Waals surface area contributed by atoms with E-state index in [1.165, 1.54) is 19.1 Å². The van der Waals surface area contributed by atoms with Crippen LogP contribution in [0, 0.1) is 0 Å². The van der Waals surface area contributed by atoms with Crippen LogP contribution in [0.4, 0.5) is 0 Å². The fourth-order valence-electron chi connectivity index (χ4n) is 1.25. The summed E-state index contributed by atoms with van der Waals surface area (Å²) in [6.07, 6.45) is 0. The minimum absolute atomic E-state index is 0.301. The summed E-state index contributed by atoms with van der Waals surface area (Å²) in [6.45, 7) is 1.31. The number of hydrogen-bond donors (Lipinski definition) is 2. The predicted octanol–water partition coefficient (Wildman–Crippen LogP) is -0.338. The quantitative estimate of drug-likeness (QED) is 0.690. The molecule has 0 spiro atoms. The van der Waals surface area contributed by atoms with Crippen molar-refractivity contribution in [2.45, 2.75) is 13.0 Å². The molecule has 3 N–H and O–H groups in total. The van der Waals surface area contributed by atoms with E-state index in [4.69, 9.17) is 5.73 Å². The van der Waals surface area contributed by atoms with E-state index in [0.29, 0.717) is 5.56 Å². The van der Waals surface area contributed by atoms with Gasteiger partial charge in [-0.25, -0.2) is 13.1 Å². The number of primary amides is 1. The molecule has 0 saturated carbocycles. The Bertz CT molecular complexity index is 539. The highest BCUT2D eigenvalue weighted by atomic mass is 32.2. The maximum Gasteiger partial charge on any atom is 0.235 e. The molecule has 1 aromatic carbocycles. The fraction of sp³-hybridized carbons (Fsp3) is 0.273. The van der Waals surface area contributed by atoms with E-state index in [-0.39, 0.29) is 0 Å². The van der Waals surface area contributed by atoms with Crippen molar-refractivity contribution >= 4 is 21.7 Å². The number of amides is 1. The average Bonchev–Trinajstić information content (AvgIpc) is 2.28. The maximum absolute atomic E-state index is 11.7. The molecular formula is C11H14N2O4S. The Morgan fingerprint density at radius 1 is 1.28 bits per heavy atom. The lowest BCUT2D eigenvalue weighted by Crippen LogP contribution is -2.44. The number of nitrogens with one attached hydrogen (secondary N) is 1. The van der Waals surface area contributed by atoms with Gasteiger partial charge in [-0.05, 0) is 6.92 Å². The van der Waals surface area contributed by atoms with Gasteiger partial charge in [0.15, 0.2) is 5.78 Å². The molecule has 0 heterocycles. The molecule has 0 unspecified atom stereocenters. The van der Waals surface area contributed by atoms with E-state index in [2.05, 4.69) is 0 Å². The third kappa shape index (κ3) is 4.27. The lowest BCUT2D eigenvalue weighted by molar-refractivity contribution is -0.119. The van der Waals surface area contributed by atoms with Gasteiger partial charge < -0.3 is 5.73 Å². The molecule has 0 saturated heterocycles. The van der Waals surface area contributed by atoms with E-state index in [1.807, 2.05) is 4.72 Å². The van der Waals surface area contributed by atoms with Crippen LogP contribution in [0.15, 0.2) is 30.3 Å². The zero-order chi connectivity index (χ0) is 13.8. The summed E-state index contributed by atoms with van der Waals surface area (Å²) in [5.41, 5.74) is 5.23. The van der Waals surface area contributed by atoms with Gasteiger partial charge in [-0.3, -0.25) is 9.59 Å². The monoisotopic (exact) mass is 270 g/mol. The highest BCUT2D eigenvalue weighted by Gasteiger charge is 2.21. The van der Waals surface area contributed by atoms with Crippen molar-refractivity contribution in [1.29, 1.82) is 0 Å². The molecule has 18 heavy (non-hydrogen) atoms. The first-order chi connectivity index (χ1) is 8.32. The number of Topliss-reactive ketones (excluding diaryl/α,β-unsaturated/α-hetero) is 1. The normalized spacial score (nSPS) is 12.9. The highest BCUT2D eigenvalue weighted by Crippen LogP contribution is 2.02. The number of hydrogen-bond acceptors (Lipinski definition) is 4. The van der Waals surface area contributed by atoms with Crippen molar-refractivity contribution in [3.05, 3.63) is 35.9 Å². The van der Waals surface area contributed by atoms with Crippen molar-refractivity contribution in [2.75, 3.05) is 5.75 Å². The summed E-state index contributed by atoms with van der Waals surface area (Å²) in [4.78, 5) is 22.4. The average molecular weight is 270 g/mol. The topological polar surface area (TPSA) is 106 Å². The van der Waals surface area contributed by atoms with Crippen LogP contribution >= 0.6 is 0 Å². The zero-order valence-electron chi connectivity index (χ0n) is 9.79. The van der Waals surface area contributed by atoms with E-state index < -0.39 is 33.5 Å². The first-order valence-corrected chi connectivity index (χ1v) is 6.84. The molecule has 7 heteroatoms. The predicted molar refractivity (Wildman–Crippen MR) is 66.4 cm³/mol. The molecule has 98 valence electrons. The summed E-state index contributed by atoms with van der Waals surface area (Å²) in [5, 5.41) is 0. The number of rotatable bonds is 6. The molecule has 0 aliphatic carbocycles. The number of sulfonamides is 1. The van der Waals surface area contributed by atoms with Crippen LogP contribution in [0.25, 0.3) is 0 Å². The number of carbonyl (C=O) groups is 2. The molecule has 1 rings (SSSR count). The van der Waals surface area contributed by atoms with Crippen LogP contribution in [0.3, 0.4) is 0 Å². The number of benzene rings is 1. The van der Waals surface area contributed by atoms with Crippen LogP contribution in [0.1, 0.15) is 17.3 Å². The van der Waals surface area contributed by atoms with Gasteiger partial charge in [0.05, 0.1) is 6.04 Å². The standard InChI is InChI=1S/C11H14N2O4S/c1-8(11(12)15)13-18(16,17)7-10(14)9-5-3-2-4-6-9/h2-6,8,13H,7H2,1H3,(H2,12,15)/t8-/m0/s1. The second-order valence-electron chi connectivity index (χ2n) is 3.79. The molecule has 0 radical (unpaired) electrons. The van der Waals surface area contributed by atoms with Gasteiger partial charge >= 0.3 is 0 Å². The van der Waals surface area contributed by atoms with Crippen molar-refractivity contribution in [1.82, 2.24) is 4.72 Å². The maximum atomic E-state index is 11.7. The molecule has 0 fully saturated rings. The molecule has 0 aliphatic heterocycles.